The van der Waals surface area contributed by atoms with E-state index in [1.807, 2.05) is 0 Å². The molecule has 1 fully saturated rings. The second kappa shape index (κ2) is 18.3. The number of ether oxygens (including phenoxy) is 2. The Bertz CT molecular complexity index is 538. The van der Waals surface area contributed by atoms with Crippen LogP contribution in [-0.4, -0.2) is 13.2 Å². The SMILES string of the molecule is CCCCCCCCCCOc1ccc(OCCCC2CCCCC2CCCCC)cc1. The lowest BCUT2D eigenvalue weighted by Gasteiger charge is -2.31. The summed E-state index contributed by atoms with van der Waals surface area (Å²) < 4.78 is 11.9. The van der Waals surface area contributed by atoms with Crippen molar-refractivity contribution in [3.63, 3.8) is 0 Å². The van der Waals surface area contributed by atoms with Gasteiger partial charge in [0, 0.05) is 0 Å². The van der Waals surface area contributed by atoms with Gasteiger partial charge in [-0.3, -0.25) is 0 Å². The molecule has 32 heavy (non-hydrogen) atoms. The lowest BCUT2D eigenvalue weighted by atomic mass is 9.74. The third-order valence-electron chi connectivity index (χ3n) is 7.32. The maximum absolute atomic E-state index is 6.03. The molecule has 2 rings (SSSR count). The second-order valence-corrected chi connectivity index (χ2v) is 10.1. The summed E-state index contributed by atoms with van der Waals surface area (Å²) in [6.07, 6.45) is 24.7. The van der Waals surface area contributed by atoms with Gasteiger partial charge in [0.1, 0.15) is 11.5 Å². The zero-order valence-corrected chi connectivity index (χ0v) is 21.4. The summed E-state index contributed by atoms with van der Waals surface area (Å²) in [7, 11) is 0. The first kappa shape index (κ1) is 27.1. The van der Waals surface area contributed by atoms with E-state index in [0.717, 1.165) is 43.0 Å². The predicted molar refractivity (Wildman–Crippen MR) is 139 cm³/mol. The number of hydrogen-bond donors (Lipinski definition) is 0. The van der Waals surface area contributed by atoms with E-state index in [1.54, 1.807) is 0 Å². The number of rotatable bonds is 19. The van der Waals surface area contributed by atoms with Gasteiger partial charge in [-0.2, -0.15) is 0 Å². The fourth-order valence-corrected chi connectivity index (χ4v) is 5.29. The highest BCUT2D eigenvalue weighted by Crippen LogP contribution is 2.36. The Morgan fingerprint density at radius 1 is 0.562 bits per heavy atom. The van der Waals surface area contributed by atoms with Gasteiger partial charge in [0.25, 0.3) is 0 Å². The molecule has 0 aromatic heterocycles. The maximum Gasteiger partial charge on any atom is 0.119 e. The van der Waals surface area contributed by atoms with Crippen molar-refractivity contribution in [3.05, 3.63) is 24.3 Å². The van der Waals surface area contributed by atoms with Gasteiger partial charge in [0.15, 0.2) is 0 Å². The van der Waals surface area contributed by atoms with E-state index in [4.69, 9.17) is 9.47 Å². The lowest BCUT2D eigenvalue weighted by Crippen LogP contribution is -2.20. The summed E-state index contributed by atoms with van der Waals surface area (Å²) in [4.78, 5) is 0. The molecule has 1 saturated carbocycles. The summed E-state index contributed by atoms with van der Waals surface area (Å²) in [5, 5.41) is 0. The Labute approximate surface area is 199 Å². The highest BCUT2D eigenvalue weighted by atomic mass is 16.5. The zero-order valence-electron chi connectivity index (χ0n) is 21.4. The summed E-state index contributed by atoms with van der Waals surface area (Å²) in [5.74, 6) is 3.87. The molecule has 1 aliphatic rings. The van der Waals surface area contributed by atoms with Gasteiger partial charge in [-0.1, -0.05) is 110 Å². The Hall–Kier alpha value is -1.18. The molecular weight excluding hydrogens is 392 g/mol. The van der Waals surface area contributed by atoms with Crippen molar-refractivity contribution in [1.82, 2.24) is 0 Å². The van der Waals surface area contributed by atoms with Crippen LogP contribution in [0.25, 0.3) is 0 Å². The van der Waals surface area contributed by atoms with Crippen molar-refractivity contribution >= 4 is 0 Å². The number of hydrogen-bond acceptors (Lipinski definition) is 2. The van der Waals surface area contributed by atoms with Crippen LogP contribution in [0.15, 0.2) is 24.3 Å². The average molecular weight is 445 g/mol. The summed E-state index contributed by atoms with van der Waals surface area (Å²) in [5.41, 5.74) is 0. The molecule has 0 aliphatic heterocycles. The largest absolute Gasteiger partial charge is 0.494 e. The van der Waals surface area contributed by atoms with Crippen LogP contribution in [0.5, 0.6) is 11.5 Å². The van der Waals surface area contributed by atoms with Gasteiger partial charge in [-0.25, -0.2) is 0 Å². The summed E-state index contributed by atoms with van der Waals surface area (Å²) in [6, 6.07) is 8.25. The molecule has 0 radical (unpaired) electrons. The van der Waals surface area contributed by atoms with Crippen LogP contribution in [0.3, 0.4) is 0 Å². The molecule has 2 nitrogen and oxygen atoms in total. The van der Waals surface area contributed by atoms with Crippen molar-refractivity contribution in [2.24, 2.45) is 11.8 Å². The van der Waals surface area contributed by atoms with Crippen molar-refractivity contribution in [2.75, 3.05) is 13.2 Å². The predicted octanol–water partition coefficient (Wildman–Crippen LogP) is 9.75. The Morgan fingerprint density at radius 2 is 1.00 bits per heavy atom. The molecule has 2 unspecified atom stereocenters. The minimum Gasteiger partial charge on any atom is -0.494 e. The van der Waals surface area contributed by atoms with E-state index in [-0.39, 0.29) is 0 Å². The summed E-state index contributed by atoms with van der Waals surface area (Å²) >= 11 is 0. The van der Waals surface area contributed by atoms with E-state index >= 15 is 0 Å². The van der Waals surface area contributed by atoms with E-state index in [9.17, 15) is 0 Å². The van der Waals surface area contributed by atoms with Gasteiger partial charge >= 0.3 is 0 Å². The zero-order chi connectivity index (χ0) is 22.7. The third kappa shape index (κ3) is 12.2. The molecule has 1 aromatic carbocycles. The Balaban J connectivity index is 1.52. The van der Waals surface area contributed by atoms with Gasteiger partial charge < -0.3 is 9.47 Å². The van der Waals surface area contributed by atoms with Crippen LogP contribution in [0.4, 0.5) is 0 Å². The molecule has 1 aliphatic carbocycles. The topological polar surface area (TPSA) is 18.5 Å². The van der Waals surface area contributed by atoms with Crippen LogP contribution in [0.2, 0.25) is 0 Å². The Morgan fingerprint density at radius 3 is 1.56 bits per heavy atom. The highest BCUT2D eigenvalue weighted by molar-refractivity contribution is 5.31. The minimum absolute atomic E-state index is 0.829. The van der Waals surface area contributed by atoms with Gasteiger partial charge in [0.05, 0.1) is 13.2 Å². The minimum atomic E-state index is 0.829. The smallest absolute Gasteiger partial charge is 0.119 e. The third-order valence-corrected chi connectivity index (χ3v) is 7.32. The fraction of sp³-hybridized carbons (Fsp3) is 0.800. The molecule has 1 aromatic rings. The summed E-state index contributed by atoms with van der Waals surface area (Å²) in [6.45, 7) is 6.26. The van der Waals surface area contributed by atoms with Gasteiger partial charge in [0.2, 0.25) is 0 Å². The molecule has 184 valence electrons. The van der Waals surface area contributed by atoms with Crippen molar-refractivity contribution in [3.8, 4) is 11.5 Å². The van der Waals surface area contributed by atoms with Crippen LogP contribution in [0, 0.1) is 11.8 Å². The highest BCUT2D eigenvalue weighted by Gasteiger charge is 2.24. The van der Waals surface area contributed by atoms with Crippen molar-refractivity contribution < 1.29 is 9.47 Å². The molecule has 0 heterocycles. The van der Waals surface area contributed by atoms with Crippen LogP contribution in [0.1, 0.15) is 129 Å². The molecule has 0 spiro atoms. The fourth-order valence-electron chi connectivity index (χ4n) is 5.29. The molecular formula is C30H52O2. The number of unbranched alkanes of at least 4 members (excludes halogenated alkanes) is 9. The molecule has 0 amide bonds. The second-order valence-electron chi connectivity index (χ2n) is 10.1. The first-order valence-electron chi connectivity index (χ1n) is 14.2. The molecule has 0 N–H and O–H groups in total. The average Bonchev–Trinajstić information content (AvgIpc) is 2.82. The first-order valence-corrected chi connectivity index (χ1v) is 14.2. The normalized spacial score (nSPS) is 18.6. The van der Waals surface area contributed by atoms with Crippen LogP contribution >= 0.6 is 0 Å². The maximum atomic E-state index is 6.03. The molecule has 0 saturated heterocycles. The quantitative estimate of drug-likeness (QED) is 0.198. The van der Waals surface area contributed by atoms with Gasteiger partial charge in [-0.05, 0) is 55.4 Å². The molecule has 2 heteroatoms. The number of benzene rings is 1. The first-order chi connectivity index (χ1) is 15.8. The lowest BCUT2D eigenvalue weighted by molar-refractivity contribution is 0.190. The monoisotopic (exact) mass is 444 g/mol. The standard InChI is InChI=1S/C30H52O2/c1-3-5-7-8-9-10-11-15-25-31-29-21-23-30(24-22-29)32-26-16-20-28-19-14-13-18-27(28)17-12-6-4-2/h21-24,27-28H,3-20,25-26H2,1-2H3. The molecule has 2 atom stereocenters. The van der Waals surface area contributed by atoms with Crippen molar-refractivity contribution in [2.45, 2.75) is 129 Å². The Kier molecular flexibility index (Phi) is 15.5. The van der Waals surface area contributed by atoms with Crippen LogP contribution < -0.4 is 9.47 Å². The van der Waals surface area contributed by atoms with Crippen molar-refractivity contribution in [1.29, 1.82) is 0 Å². The van der Waals surface area contributed by atoms with Crippen LogP contribution in [-0.2, 0) is 0 Å². The van der Waals surface area contributed by atoms with E-state index in [1.165, 1.54) is 109 Å². The van der Waals surface area contributed by atoms with E-state index in [2.05, 4.69) is 38.1 Å². The van der Waals surface area contributed by atoms with Gasteiger partial charge in [-0.15, -0.1) is 0 Å². The molecule has 0 bridgehead atoms. The van der Waals surface area contributed by atoms with E-state index < -0.39 is 0 Å². The van der Waals surface area contributed by atoms with E-state index in [0.29, 0.717) is 0 Å².